The number of methoxy groups -OCH3 is 1. The molecule has 8 rings (SSSR count). The van der Waals surface area contributed by atoms with Crippen LogP contribution in [0.2, 0.25) is 0 Å². The van der Waals surface area contributed by atoms with Gasteiger partial charge in [-0.15, -0.1) is 0 Å². The third-order valence-electron chi connectivity index (χ3n) is 15.4. The van der Waals surface area contributed by atoms with E-state index in [9.17, 15) is 64.5 Å². The Balaban J connectivity index is 1.07. The van der Waals surface area contributed by atoms with Gasteiger partial charge >= 0.3 is 31.1 Å². The van der Waals surface area contributed by atoms with Gasteiger partial charge in [0.05, 0.1) is 66.1 Å². The molecule has 0 radical (unpaired) electrons. The number of benzene rings is 2. The average Bonchev–Trinajstić information content (AvgIpc) is 1.94. The van der Waals surface area contributed by atoms with Crippen molar-refractivity contribution >= 4 is 40.9 Å². The molecule has 4 amide bonds. The number of aliphatic hydroxyl groups is 1. The number of piperazine rings is 1. The molecule has 2 aromatic carbocycles. The first-order valence-electron chi connectivity index (χ1n) is 26.3. The molecule has 6 heterocycles. The SMILES string of the molecule is COC(=O)NC(C(=O)NC(Cc1ccc(C#Cc2ccc3nc(N4CC5CCC(C4)N5C4COC4)ccc3n2)cc1)C(O)CN(Cc1c(F)cc(-c2ccn(C(F)F)n2)cc1F)NC(=O)C(NC(=O)O)C(C)(C)C(F)(F)F)C(C)(C)C(F)(F)F. The number of aromatic nitrogens is 4. The third-order valence-corrected chi connectivity index (χ3v) is 15.4. The maximum absolute atomic E-state index is 16.0. The number of carbonyl (C=O) groups excluding carboxylic acids is 3. The number of fused-ring (bicyclic) bond motifs is 3. The Morgan fingerprint density at radius 3 is 1.93 bits per heavy atom. The van der Waals surface area contributed by atoms with E-state index in [0.29, 0.717) is 85.3 Å². The quantitative estimate of drug-likeness (QED) is 0.0276. The van der Waals surface area contributed by atoms with E-state index in [-0.39, 0.29) is 21.5 Å². The number of hydrogen-bond donors (Lipinski definition) is 6. The summed E-state index contributed by atoms with van der Waals surface area (Å²) in [5.74, 6) is 0.555. The lowest BCUT2D eigenvalue weighted by molar-refractivity contribution is -0.221. The van der Waals surface area contributed by atoms with Crippen LogP contribution in [0.1, 0.15) is 69.5 Å². The van der Waals surface area contributed by atoms with Crippen LogP contribution in [0.5, 0.6) is 0 Å². The number of hydrogen-bond acceptors (Lipinski definition) is 13. The van der Waals surface area contributed by atoms with Gasteiger partial charge in [-0.2, -0.15) is 40.2 Å². The molecule has 5 aromatic rings. The number of alkyl carbamates (subject to hydrolysis) is 1. The van der Waals surface area contributed by atoms with Crippen molar-refractivity contribution in [3.05, 3.63) is 107 Å². The van der Waals surface area contributed by atoms with E-state index in [1.807, 2.05) is 22.9 Å². The minimum absolute atomic E-state index is 0.186. The van der Waals surface area contributed by atoms with Gasteiger partial charge in [-0.25, -0.2) is 38.0 Å². The number of pyridine rings is 2. The zero-order valence-corrected chi connectivity index (χ0v) is 45.7. The van der Waals surface area contributed by atoms with Crippen molar-refractivity contribution in [3.63, 3.8) is 0 Å². The van der Waals surface area contributed by atoms with Crippen molar-refractivity contribution in [2.24, 2.45) is 10.8 Å². The molecule has 452 valence electrons. The smallest absolute Gasteiger partial charge is 0.407 e. The lowest BCUT2D eigenvalue weighted by Crippen LogP contribution is -2.63. The van der Waals surface area contributed by atoms with Crippen LogP contribution in [0, 0.1) is 34.3 Å². The van der Waals surface area contributed by atoms with E-state index < -0.39 is 115 Å². The van der Waals surface area contributed by atoms with Gasteiger partial charge in [0.1, 0.15) is 35.2 Å². The molecule has 2 bridgehead atoms. The Morgan fingerprint density at radius 2 is 1.38 bits per heavy atom. The summed E-state index contributed by atoms with van der Waals surface area (Å²) in [5.41, 5.74) is -3.69. The van der Waals surface area contributed by atoms with Crippen molar-refractivity contribution in [3.8, 4) is 23.1 Å². The Labute approximate surface area is 474 Å². The second kappa shape index (κ2) is 24.8. The molecule has 3 saturated heterocycles. The third kappa shape index (κ3) is 13.9. The summed E-state index contributed by atoms with van der Waals surface area (Å²) in [6.45, 7) is -0.176. The molecule has 6 N–H and O–H groups in total. The van der Waals surface area contributed by atoms with E-state index in [1.54, 1.807) is 12.1 Å². The molecule has 84 heavy (non-hydrogen) atoms. The number of amides is 4. The fourth-order valence-electron chi connectivity index (χ4n) is 10.2. The van der Waals surface area contributed by atoms with Gasteiger partial charge in [0.2, 0.25) is 5.91 Å². The zero-order valence-electron chi connectivity index (χ0n) is 45.7. The minimum Gasteiger partial charge on any atom is -0.465 e. The number of carbonyl (C=O) groups is 4. The van der Waals surface area contributed by atoms with Crippen molar-refractivity contribution < 1.29 is 82.8 Å². The molecule has 3 aromatic heterocycles. The first-order valence-corrected chi connectivity index (χ1v) is 26.3. The van der Waals surface area contributed by atoms with E-state index in [0.717, 1.165) is 64.3 Å². The molecule has 0 saturated carbocycles. The van der Waals surface area contributed by atoms with E-state index >= 15 is 8.78 Å². The van der Waals surface area contributed by atoms with Crippen LogP contribution in [-0.2, 0) is 32.0 Å². The first kappa shape index (κ1) is 62.2. The van der Waals surface area contributed by atoms with Crippen LogP contribution < -0.4 is 26.3 Å². The molecule has 29 heteroatoms. The zero-order chi connectivity index (χ0) is 61.2. The fourth-order valence-corrected chi connectivity index (χ4v) is 10.2. The highest BCUT2D eigenvalue weighted by molar-refractivity contribution is 5.87. The molecule has 0 spiro atoms. The number of alkyl halides is 8. The summed E-state index contributed by atoms with van der Waals surface area (Å²) in [6, 6.07) is 9.86. The molecule has 3 aliphatic rings. The van der Waals surface area contributed by atoms with Gasteiger partial charge in [-0.05, 0) is 113 Å². The number of ether oxygens (including phenoxy) is 2. The van der Waals surface area contributed by atoms with Gasteiger partial charge in [0.25, 0.3) is 5.91 Å². The molecule has 6 unspecified atom stereocenters. The number of halogens is 10. The Morgan fingerprint density at radius 1 is 0.786 bits per heavy atom. The predicted molar refractivity (Wildman–Crippen MR) is 280 cm³/mol. The average molecular weight is 1190 g/mol. The first-order chi connectivity index (χ1) is 39.4. The maximum Gasteiger partial charge on any atom is 0.407 e. The summed E-state index contributed by atoms with van der Waals surface area (Å²) in [4.78, 5) is 66.6. The standard InChI is InChI=1S/C55H59F10N11O8/c1-52(2,54(60,61)62)45(70-51(82)83-5)47(78)68-42(20-30-8-6-29(7-9-30)10-11-32-12-15-41-40(66-32)16-17-44(67-41)73-23-33-13-14-34(24-73)76(33)35-27-84-28-35)43(77)26-74(72-48(79)46(69-50(80)81)53(3,4)55(63,64)65)25-36-37(56)21-31(22-38(36)57)39-18-19-75(71-39)49(58)59/h6-9,12,15-19,21-22,33-35,42-43,45-46,49,69,77H,13-14,20,23-28H2,1-5H3,(H,68,78)(H,70,82)(H,72,79)(H,80,81). The molecule has 6 atom stereocenters. The van der Waals surface area contributed by atoms with Crippen molar-refractivity contribution in [1.29, 1.82) is 0 Å². The number of anilines is 1. The fraction of sp³-hybridized carbons (Fsp3) is 0.473. The van der Waals surface area contributed by atoms with Crippen LogP contribution in [0.15, 0.2) is 72.9 Å². The van der Waals surface area contributed by atoms with E-state index in [2.05, 4.69) is 41.8 Å². The van der Waals surface area contributed by atoms with Gasteiger partial charge in [-0.3, -0.25) is 19.9 Å². The molecule has 0 aliphatic carbocycles. The van der Waals surface area contributed by atoms with Gasteiger partial charge < -0.3 is 40.5 Å². The van der Waals surface area contributed by atoms with Crippen LogP contribution in [0.3, 0.4) is 0 Å². The Bertz CT molecular complexity index is 3260. The van der Waals surface area contributed by atoms with Gasteiger partial charge in [-0.1, -0.05) is 18.1 Å². The van der Waals surface area contributed by atoms with E-state index in [4.69, 9.17) is 9.72 Å². The monoisotopic (exact) mass is 1190 g/mol. The van der Waals surface area contributed by atoms with Crippen LogP contribution in [-0.4, -0.2) is 159 Å². The highest BCUT2D eigenvalue weighted by Crippen LogP contribution is 2.42. The maximum atomic E-state index is 16.0. The summed E-state index contributed by atoms with van der Waals surface area (Å²) in [6.07, 6.45) is -13.7. The van der Waals surface area contributed by atoms with Crippen LogP contribution in [0.4, 0.5) is 59.3 Å². The van der Waals surface area contributed by atoms with Crippen molar-refractivity contribution in [2.75, 3.05) is 44.9 Å². The van der Waals surface area contributed by atoms with Crippen molar-refractivity contribution in [1.82, 2.24) is 51.0 Å². The summed E-state index contributed by atoms with van der Waals surface area (Å²) in [7, 11) is 0.809. The number of rotatable bonds is 19. The number of nitrogens with one attached hydrogen (secondary N) is 4. The van der Waals surface area contributed by atoms with Gasteiger partial charge in [0.15, 0.2) is 0 Å². The highest BCUT2D eigenvalue weighted by Gasteiger charge is 2.57. The summed E-state index contributed by atoms with van der Waals surface area (Å²) >= 11 is 0. The topological polar surface area (TPSA) is 229 Å². The number of nitrogens with zero attached hydrogens (tertiary/aromatic N) is 7. The lowest BCUT2D eigenvalue weighted by atomic mass is 9.82. The molecular formula is C55H59F10N11O8. The second-order valence-corrected chi connectivity index (χ2v) is 21.8. The second-order valence-electron chi connectivity index (χ2n) is 21.8. The molecular weight excluding hydrogens is 1130 g/mol. The van der Waals surface area contributed by atoms with Gasteiger partial charge in [0, 0.05) is 61.1 Å². The highest BCUT2D eigenvalue weighted by atomic mass is 19.4. The summed E-state index contributed by atoms with van der Waals surface area (Å²) in [5, 5.41) is 31.2. The van der Waals surface area contributed by atoms with E-state index in [1.165, 1.54) is 29.6 Å². The summed E-state index contributed by atoms with van der Waals surface area (Å²) < 4.78 is 156. The predicted octanol–water partition coefficient (Wildman–Crippen LogP) is 7.08. The van der Waals surface area contributed by atoms with Crippen LogP contribution in [0.25, 0.3) is 22.3 Å². The van der Waals surface area contributed by atoms with Crippen LogP contribution >= 0.6 is 0 Å². The minimum atomic E-state index is -5.29. The molecule has 19 nitrogen and oxygen atoms in total. The largest absolute Gasteiger partial charge is 0.465 e. The Hall–Kier alpha value is -7.81. The molecule has 3 aliphatic heterocycles. The number of aliphatic hydroxyl groups excluding tert-OH is 1. The normalized spacial score (nSPS) is 18.3. The number of hydrazine groups is 1. The lowest BCUT2D eigenvalue weighted by Gasteiger charge is -2.48. The molecule has 3 fully saturated rings. The number of carboxylic acid groups (broad SMARTS) is 1. The Kier molecular flexibility index (Phi) is 18.4. The van der Waals surface area contributed by atoms with Crippen molar-refractivity contribution in [2.45, 2.75) is 115 Å².